The first-order valence-electron chi connectivity index (χ1n) is 5.55. The number of nitrogens with two attached hydrogens (primary N) is 1. The zero-order chi connectivity index (χ0) is 13.3. The Labute approximate surface area is 110 Å². The summed E-state index contributed by atoms with van der Waals surface area (Å²) < 4.78 is 15.1. The number of hydrogen-bond acceptors (Lipinski definition) is 3. The number of nitrogen functional groups attached to an aromatic ring is 1. The van der Waals surface area contributed by atoms with E-state index >= 15 is 0 Å². The van der Waals surface area contributed by atoms with Crippen LogP contribution in [-0.2, 0) is 13.5 Å². The van der Waals surface area contributed by atoms with Crippen LogP contribution in [0.4, 0.5) is 21.5 Å². The van der Waals surface area contributed by atoms with Crippen molar-refractivity contribution in [2.24, 2.45) is 7.05 Å². The molecular weight excluding hydrogens is 255 g/mol. The van der Waals surface area contributed by atoms with Crippen LogP contribution in [0.5, 0.6) is 0 Å². The molecule has 96 valence electrons. The summed E-state index contributed by atoms with van der Waals surface area (Å²) in [7, 11) is 1.83. The molecule has 0 amide bonds. The molecule has 6 heteroatoms. The Hall–Kier alpha value is -1.75. The zero-order valence-electron chi connectivity index (χ0n) is 10.2. The molecule has 0 fully saturated rings. The van der Waals surface area contributed by atoms with Gasteiger partial charge in [0.1, 0.15) is 5.82 Å². The van der Waals surface area contributed by atoms with Crippen LogP contribution < -0.4 is 11.1 Å². The van der Waals surface area contributed by atoms with Crippen molar-refractivity contribution in [1.82, 2.24) is 9.78 Å². The molecule has 1 aromatic heterocycles. The van der Waals surface area contributed by atoms with Gasteiger partial charge in [0, 0.05) is 19.3 Å². The number of benzene rings is 1. The molecule has 0 spiro atoms. The van der Waals surface area contributed by atoms with E-state index in [2.05, 4.69) is 10.4 Å². The lowest BCUT2D eigenvalue weighted by atomic mass is 10.2. The van der Waals surface area contributed by atoms with Gasteiger partial charge in [-0.05, 0) is 12.5 Å². The molecule has 3 N–H and O–H groups in total. The molecule has 0 radical (unpaired) electrons. The predicted molar refractivity (Wildman–Crippen MR) is 71.7 cm³/mol. The lowest BCUT2D eigenvalue weighted by molar-refractivity contribution is 0.629. The summed E-state index contributed by atoms with van der Waals surface area (Å²) in [6.07, 6.45) is 2.60. The number of hydrogen-bond donors (Lipinski definition) is 2. The minimum absolute atomic E-state index is 0.0138. The van der Waals surface area contributed by atoms with Crippen LogP contribution in [-0.4, -0.2) is 9.78 Å². The normalized spacial score (nSPS) is 10.7. The number of nitrogens with one attached hydrogen (secondary N) is 1. The van der Waals surface area contributed by atoms with Crippen LogP contribution in [0.1, 0.15) is 12.6 Å². The molecule has 4 nitrogen and oxygen atoms in total. The lowest BCUT2D eigenvalue weighted by Crippen LogP contribution is -1.99. The third kappa shape index (κ3) is 2.41. The first-order chi connectivity index (χ1) is 8.51. The molecular formula is C12H14ClFN4. The van der Waals surface area contributed by atoms with Crippen LogP contribution in [0.2, 0.25) is 5.02 Å². The van der Waals surface area contributed by atoms with Crippen molar-refractivity contribution in [2.45, 2.75) is 13.3 Å². The third-order valence-electron chi connectivity index (χ3n) is 2.60. The van der Waals surface area contributed by atoms with Crippen molar-refractivity contribution in [2.75, 3.05) is 11.1 Å². The van der Waals surface area contributed by atoms with E-state index in [9.17, 15) is 4.39 Å². The predicted octanol–water partition coefficient (Wildman–Crippen LogP) is 3.10. The number of aryl methyl sites for hydroxylation is 2. The summed E-state index contributed by atoms with van der Waals surface area (Å²) in [5.74, 6) is -0.504. The summed E-state index contributed by atoms with van der Waals surface area (Å²) in [4.78, 5) is 0. The largest absolute Gasteiger partial charge is 0.397 e. The molecule has 0 saturated heterocycles. The van der Waals surface area contributed by atoms with Gasteiger partial charge in [-0.1, -0.05) is 18.5 Å². The van der Waals surface area contributed by atoms with Crippen molar-refractivity contribution < 1.29 is 4.39 Å². The van der Waals surface area contributed by atoms with E-state index in [4.69, 9.17) is 17.3 Å². The zero-order valence-corrected chi connectivity index (χ0v) is 10.9. The molecule has 1 aromatic carbocycles. The quantitative estimate of drug-likeness (QED) is 0.841. The van der Waals surface area contributed by atoms with E-state index in [1.165, 1.54) is 12.1 Å². The van der Waals surface area contributed by atoms with E-state index in [0.717, 1.165) is 17.8 Å². The molecule has 18 heavy (non-hydrogen) atoms. The monoisotopic (exact) mass is 268 g/mol. The van der Waals surface area contributed by atoms with Crippen LogP contribution in [0, 0.1) is 5.82 Å². The molecule has 2 aromatic rings. The number of anilines is 3. The number of rotatable bonds is 3. The molecule has 0 aliphatic heterocycles. The molecule has 0 unspecified atom stereocenters. The first-order valence-corrected chi connectivity index (χ1v) is 5.93. The summed E-state index contributed by atoms with van der Waals surface area (Å²) in [5.41, 5.74) is 8.39. The van der Waals surface area contributed by atoms with Crippen molar-refractivity contribution in [1.29, 1.82) is 0 Å². The minimum atomic E-state index is -0.504. The Morgan fingerprint density at radius 1 is 1.44 bits per heavy atom. The van der Waals surface area contributed by atoms with Crippen LogP contribution in [0.3, 0.4) is 0 Å². The maximum Gasteiger partial charge on any atom is 0.144 e. The van der Waals surface area contributed by atoms with E-state index in [1.54, 1.807) is 4.68 Å². The Morgan fingerprint density at radius 2 is 2.17 bits per heavy atom. The average molecular weight is 269 g/mol. The van der Waals surface area contributed by atoms with Gasteiger partial charge in [0.2, 0.25) is 0 Å². The average Bonchev–Trinajstić information content (AvgIpc) is 2.66. The Balaban J connectivity index is 2.36. The lowest BCUT2D eigenvalue weighted by Gasteiger charge is -2.09. The van der Waals surface area contributed by atoms with Gasteiger partial charge in [-0.15, -0.1) is 0 Å². The van der Waals surface area contributed by atoms with Gasteiger partial charge in [-0.25, -0.2) is 4.39 Å². The SMILES string of the molecule is CCc1nn(C)cc1Nc1cc(F)c(Cl)cc1N. The highest BCUT2D eigenvalue weighted by molar-refractivity contribution is 6.31. The topological polar surface area (TPSA) is 55.9 Å². The summed E-state index contributed by atoms with van der Waals surface area (Å²) >= 11 is 5.65. The molecule has 1 heterocycles. The number of halogens is 2. The van der Waals surface area contributed by atoms with E-state index in [1.807, 2.05) is 20.2 Å². The second-order valence-corrected chi connectivity index (χ2v) is 4.40. The maximum atomic E-state index is 13.4. The fourth-order valence-electron chi connectivity index (χ4n) is 1.72. The van der Waals surface area contributed by atoms with E-state index in [-0.39, 0.29) is 5.02 Å². The van der Waals surface area contributed by atoms with Crippen LogP contribution in [0.25, 0.3) is 0 Å². The molecule has 0 aliphatic rings. The van der Waals surface area contributed by atoms with Crippen LogP contribution >= 0.6 is 11.6 Å². The van der Waals surface area contributed by atoms with Crippen molar-refractivity contribution in [3.8, 4) is 0 Å². The summed E-state index contributed by atoms with van der Waals surface area (Å²) in [5, 5.41) is 7.38. The molecule has 0 bridgehead atoms. The van der Waals surface area contributed by atoms with Gasteiger partial charge in [0.25, 0.3) is 0 Å². The molecule has 0 atom stereocenters. The number of aromatic nitrogens is 2. The fourth-order valence-corrected chi connectivity index (χ4v) is 1.89. The highest BCUT2D eigenvalue weighted by Gasteiger charge is 2.10. The van der Waals surface area contributed by atoms with Crippen molar-refractivity contribution in [3.63, 3.8) is 0 Å². The molecule has 0 aliphatic carbocycles. The smallest absolute Gasteiger partial charge is 0.144 e. The van der Waals surface area contributed by atoms with Crippen molar-refractivity contribution in [3.05, 3.63) is 34.9 Å². The van der Waals surface area contributed by atoms with Gasteiger partial charge >= 0.3 is 0 Å². The minimum Gasteiger partial charge on any atom is -0.397 e. The standard InChI is InChI=1S/C12H14ClFN4/c1-3-10-12(6-18(2)17-10)16-11-5-8(14)7(13)4-9(11)15/h4-6,16H,3,15H2,1-2H3. The van der Waals surface area contributed by atoms with Gasteiger partial charge in [-0.3, -0.25) is 4.68 Å². The van der Waals surface area contributed by atoms with Crippen molar-refractivity contribution >= 4 is 28.7 Å². The summed E-state index contributed by atoms with van der Waals surface area (Å²) in [6, 6.07) is 2.67. The van der Waals surface area contributed by atoms with Gasteiger partial charge in [0.15, 0.2) is 0 Å². The van der Waals surface area contributed by atoms with Gasteiger partial charge in [-0.2, -0.15) is 5.10 Å². The van der Waals surface area contributed by atoms with Gasteiger partial charge in [0.05, 0.1) is 27.8 Å². The maximum absolute atomic E-state index is 13.4. The van der Waals surface area contributed by atoms with E-state index in [0.29, 0.717) is 11.4 Å². The third-order valence-corrected chi connectivity index (χ3v) is 2.89. The summed E-state index contributed by atoms with van der Waals surface area (Å²) in [6.45, 7) is 2.00. The first kappa shape index (κ1) is 12.7. The van der Waals surface area contributed by atoms with Gasteiger partial charge < -0.3 is 11.1 Å². The Morgan fingerprint density at radius 3 is 2.83 bits per heavy atom. The molecule has 0 saturated carbocycles. The highest BCUT2D eigenvalue weighted by Crippen LogP contribution is 2.29. The molecule has 2 rings (SSSR count). The second-order valence-electron chi connectivity index (χ2n) is 4.00. The fraction of sp³-hybridized carbons (Fsp3) is 0.250. The highest BCUT2D eigenvalue weighted by atomic mass is 35.5. The Bertz CT molecular complexity index is 580. The second kappa shape index (κ2) is 4.86. The van der Waals surface area contributed by atoms with E-state index < -0.39 is 5.82 Å². The Kier molecular flexibility index (Phi) is 3.43. The van der Waals surface area contributed by atoms with Crippen LogP contribution in [0.15, 0.2) is 18.3 Å². The number of nitrogens with zero attached hydrogens (tertiary/aromatic N) is 2.